The zero-order chi connectivity index (χ0) is 13.1. The van der Waals surface area contributed by atoms with Crippen molar-refractivity contribution in [2.24, 2.45) is 0 Å². The van der Waals surface area contributed by atoms with Crippen molar-refractivity contribution in [3.05, 3.63) is 17.0 Å². The fraction of sp³-hybridized carbons (Fsp3) is 0.364. The highest BCUT2D eigenvalue weighted by Crippen LogP contribution is 2.19. The highest BCUT2D eigenvalue weighted by molar-refractivity contribution is 7.14. The number of anilines is 1. The standard InChI is InChI=1S/C11H13N3O3S/c12-10-6(3-4-18-10)5-9(16)13-7-1-2-8(15)14-11(7)17/h3-4,7H,1-2,5,12H2,(H,13,16)(H,14,15,17). The van der Waals surface area contributed by atoms with Crippen molar-refractivity contribution in [2.45, 2.75) is 25.3 Å². The summed E-state index contributed by atoms with van der Waals surface area (Å²) in [5.41, 5.74) is 6.44. The summed E-state index contributed by atoms with van der Waals surface area (Å²) in [6, 6.07) is 1.15. The molecule has 2 heterocycles. The Labute approximate surface area is 108 Å². The summed E-state index contributed by atoms with van der Waals surface area (Å²) in [6.45, 7) is 0. The number of hydrogen-bond acceptors (Lipinski definition) is 5. The van der Waals surface area contributed by atoms with Gasteiger partial charge in [0.25, 0.3) is 0 Å². The Morgan fingerprint density at radius 3 is 2.94 bits per heavy atom. The maximum absolute atomic E-state index is 11.7. The number of hydrogen-bond donors (Lipinski definition) is 3. The molecule has 2 rings (SSSR count). The minimum Gasteiger partial charge on any atom is -0.390 e. The molecule has 4 N–H and O–H groups in total. The van der Waals surface area contributed by atoms with Crippen LogP contribution < -0.4 is 16.4 Å². The number of imide groups is 1. The molecular formula is C11H13N3O3S. The number of piperidine rings is 1. The second-order valence-corrected chi connectivity index (χ2v) is 5.01. The Kier molecular flexibility index (Phi) is 3.61. The average molecular weight is 267 g/mol. The normalized spacial score (nSPS) is 19.4. The molecule has 0 aromatic carbocycles. The first-order valence-corrected chi connectivity index (χ1v) is 6.39. The summed E-state index contributed by atoms with van der Waals surface area (Å²) in [6.07, 6.45) is 0.736. The van der Waals surface area contributed by atoms with Crippen LogP contribution in [0.1, 0.15) is 18.4 Å². The highest BCUT2D eigenvalue weighted by atomic mass is 32.1. The van der Waals surface area contributed by atoms with Gasteiger partial charge in [0.15, 0.2) is 0 Å². The lowest BCUT2D eigenvalue weighted by molar-refractivity contribution is -0.137. The van der Waals surface area contributed by atoms with Gasteiger partial charge >= 0.3 is 0 Å². The summed E-state index contributed by atoms with van der Waals surface area (Å²) in [5, 5.41) is 7.20. The van der Waals surface area contributed by atoms with Gasteiger partial charge in [-0.15, -0.1) is 11.3 Å². The summed E-state index contributed by atoms with van der Waals surface area (Å²) in [4.78, 5) is 34.1. The van der Waals surface area contributed by atoms with E-state index in [0.29, 0.717) is 11.4 Å². The van der Waals surface area contributed by atoms with Gasteiger partial charge in [-0.3, -0.25) is 19.7 Å². The Balaban J connectivity index is 1.90. The van der Waals surface area contributed by atoms with Crippen molar-refractivity contribution >= 4 is 34.1 Å². The molecule has 0 aliphatic carbocycles. The number of nitrogen functional groups attached to an aromatic ring is 1. The van der Waals surface area contributed by atoms with Crippen LogP contribution in [0.4, 0.5) is 5.00 Å². The van der Waals surface area contributed by atoms with E-state index in [9.17, 15) is 14.4 Å². The fourth-order valence-electron chi connectivity index (χ4n) is 1.74. The summed E-state index contributed by atoms with van der Waals surface area (Å²) < 4.78 is 0. The topological polar surface area (TPSA) is 101 Å². The predicted molar refractivity (Wildman–Crippen MR) is 66.7 cm³/mol. The Bertz CT molecular complexity index is 497. The van der Waals surface area contributed by atoms with Gasteiger partial charge < -0.3 is 11.1 Å². The van der Waals surface area contributed by atoms with Crippen LogP contribution in [0.5, 0.6) is 0 Å². The maximum Gasteiger partial charge on any atom is 0.249 e. The molecule has 18 heavy (non-hydrogen) atoms. The predicted octanol–water partition coefficient (Wildman–Crippen LogP) is -0.206. The second kappa shape index (κ2) is 5.18. The highest BCUT2D eigenvalue weighted by Gasteiger charge is 2.27. The van der Waals surface area contributed by atoms with Crippen molar-refractivity contribution in [1.82, 2.24) is 10.6 Å². The van der Waals surface area contributed by atoms with Crippen LogP contribution in [-0.2, 0) is 20.8 Å². The number of nitrogens with one attached hydrogen (secondary N) is 2. The molecule has 1 atom stereocenters. The third kappa shape index (κ3) is 2.86. The van der Waals surface area contributed by atoms with Gasteiger partial charge in [0.1, 0.15) is 6.04 Å². The molecule has 0 spiro atoms. The van der Waals surface area contributed by atoms with E-state index < -0.39 is 11.9 Å². The molecular weight excluding hydrogens is 254 g/mol. The summed E-state index contributed by atoms with van der Waals surface area (Å²) in [7, 11) is 0. The zero-order valence-electron chi connectivity index (χ0n) is 9.56. The molecule has 1 aromatic heterocycles. The van der Waals surface area contributed by atoms with Crippen LogP contribution in [0.3, 0.4) is 0 Å². The monoisotopic (exact) mass is 267 g/mol. The number of rotatable bonds is 3. The Morgan fingerprint density at radius 2 is 2.33 bits per heavy atom. The van der Waals surface area contributed by atoms with Gasteiger partial charge in [0, 0.05) is 6.42 Å². The lowest BCUT2D eigenvalue weighted by Gasteiger charge is -2.21. The number of carbonyl (C=O) groups is 3. The van der Waals surface area contributed by atoms with Crippen LogP contribution in [0.25, 0.3) is 0 Å². The molecule has 7 heteroatoms. The van der Waals surface area contributed by atoms with E-state index in [2.05, 4.69) is 10.6 Å². The molecule has 0 bridgehead atoms. The molecule has 1 saturated heterocycles. The molecule has 1 aliphatic rings. The van der Waals surface area contributed by atoms with Crippen LogP contribution in [0.2, 0.25) is 0 Å². The van der Waals surface area contributed by atoms with E-state index in [-0.39, 0.29) is 24.7 Å². The zero-order valence-corrected chi connectivity index (χ0v) is 10.4. The molecule has 1 aliphatic heterocycles. The van der Waals surface area contributed by atoms with Crippen LogP contribution in [0, 0.1) is 0 Å². The van der Waals surface area contributed by atoms with Gasteiger partial charge in [-0.25, -0.2) is 0 Å². The largest absolute Gasteiger partial charge is 0.390 e. The van der Waals surface area contributed by atoms with E-state index in [1.165, 1.54) is 11.3 Å². The molecule has 1 fully saturated rings. The molecule has 0 saturated carbocycles. The first-order valence-electron chi connectivity index (χ1n) is 5.51. The molecule has 3 amide bonds. The minimum absolute atomic E-state index is 0.146. The fourth-order valence-corrected chi connectivity index (χ4v) is 2.41. The van der Waals surface area contributed by atoms with Crippen molar-refractivity contribution in [3.63, 3.8) is 0 Å². The quantitative estimate of drug-likeness (QED) is 0.660. The Hall–Kier alpha value is -1.89. The molecule has 1 unspecified atom stereocenters. The first-order chi connectivity index (χ1) is 8.56. The van der Waals surface area contributed by atoms with E-state index in [1.807, 2.05) is 5.38 Å². The maximum atomic E-state index is 11.7. The number of amides is 3. The number of carbonyl (C=O) groups excluding carboxylic acids is 3. The molecule has 6 nitrogen and oxygen atoms in total. The van der Waals surface area contributed by atoms with Gasteiger partial charge in [0.2, 0.25) is 17.7 Å². The van der Waals surface area contributed by atoms with Crippen molar-refractivity contribution < 1.29 is 14.4 Å². The first kappa shape index (κ1) is 12.6. The van der Waals surface area contributed by atoms with Gasteiger partial charge in [-0.05, 0) is 23.4 Å². The van der Waals surface area contributed by atoms with Gasteiger partial charge in [-0.1, -0.05) is 0 Å². The smallest absolute Gasteiger partial charge is 0.249 e. The molecule has 96 valence electrons. The van der Waals surface area contributed by atoms with E-state index in [4.69, 9.17) is 5.73 Å². The van der Waals surface area contributed by atoms with Gasteiger partial charge in [-0.2, -0.15) is 0 Å². The lowest BCUT2D eigenvalue weighted by atomic mass is 10.1. The third-order valence-corrected chi connectivity index (χ3v) is 3.49. The molecule has 1 aromatic rings. The third-order valence-electron chi connectivity index (χ3n) is 2.71. The van der Waals surface area contributed by atoms with Gasteiger partial charge in [0.05, 0.1) is 11.4 Å². The van der Waals surface area contributed by atoms with Crippen molar-refractivity contribution in [3.8, 4) is 0 Å². The Morgan fingerprint density at radius 1 is 1.56 bits per heavy atom. The van der Waals surface area contributed by atoms with Crippen LogP contribution in [-0.4, -0.2) is 23.8 Å². The van der Waals surface area contributed by atoms with Crippen LogP contribution in [0.15, 0.2) is 11.4 Å². The number of nitrogens with two attached hydrogens (primary N) is 1. The lowest BCUT2D eigenvalue weighted by Crippen LogP contribution is -2.52. The minimum atomic E-state index is -0.630. The number of thiophene rings is 1. The van der Waals surface area contributed by atoms with E-state index >= 15 is 0 Å². The van der Waals surface area contributed by atoms with Crippen molar-refractivity contribution in [2.75, 3.05) is 5.73 Å². The second-order valence-electron chi connectivity index (χ2n) is 4.06. The van der Waals surface area contributed by atoms with E-state index in [1.54, 1.807) is 6.07 Å². The van der Waals surface area contributed by atoms with Crippen molar-refractivity contribution in [1.29, 1.82) is 0 Å². The SMILES string of the molecule is Nc1sccc1CC(=O)NC1CCC(=O)NC1=O. The summed E-state index contributed by atoms with van der Waals surface area (Å²) >= 11 is 1.37. The van der Waals surface area contributed by atoms with Crippen LogP contribution >= 0.6 is 11.3 Å². The average Bonchev–Trinajstić information content (AvgIpc) is 2.69. The summed E-state index contributed by atoms with van der Waals surface area (Å²) in [5.74, 6) is -1.01. The van der Waals surface area contributed by atoms with E-state index in [0.717, 1.165) is 5.56 Å². The molecule has 0 radical (unpaired) electrons.